The van der Waals surface area contributed by atoms with Crippen molar-refractivity contribution < 1.29 is 22.8 Å². The van der Waals surface area contributed by atoms with Crippen molar-refractivity contribution in [3.05, 3.63) is 65.7 Å². The van der Waals surface area contributed by atoms with E-state index < -0.39 is 11.6 Å². The van der Waals surface area contributed by atoms with Crippen molar-refractivity contribution in [2.75, 3.05) is 10.6 Å². The van der Waals surface area contributed by atoms with Crippen molar-refractivity contribution in [1.29, 1.82) is 0 Å². The third-order valence-corrected chi connectivity index (χ3v) is 4.62. The Hall–Kier alpha value is -3.55. The van der Waals surface area contributed by atoms with Crippen LogP contribution in [0.25, 0.3) is 11.3 Å². The number of carbonyl (C=O) groups is 2. The first-order chi connectivity index (χ1) is 14.7. The van der Waals surface area contributed by atoms with Crippen LogP contribution in [0.1, 0.15) is 31.7 Å². The largest absolute Gasteiger partial charge is 0.441 e. The van der Waals surface area contributed by atoms with Crippen LogP contribution in [0.15, 0.2) is 47.0 Å². The molecular weight excluding hydrogens is 404 g/mol. The summed E-state index contributed by atoms with van der Waals surface area (Å²) in [5.41, 5.74) is 2.13. The second-order valence-corrected chi connectivity index (χ2v) is 7.46. The zero-order chi connectivity index (χ0) is 22.5. The molecule has 2 aromatic carbocycles. The Labute approximate surface area is 178 Å². The maximum absolute atomic E-state index is 13.9. The highest BCUT2D eigenvalue weighted by molar-refractivity contribution is 5.95. The van der Waals surface area contributed by atoms with Gasteiger partial charge in [0.1, 0.15) is 11.6 Å². The van der Waals surface area contributed by atoms with Crippen LogP contribution in [0, 0.1) is 24.5 Å². The van der Waals surface area contributed by atoms with Crippen LogP contribution in [0.3, 0.4) is 0 Å². The van der Waals surface area contributed by atoms with Crippen molar-refractivity contribution in [3.63, 3.8) is 0 Å². The summed E-state index contributed by atoms with van der Waals surface area (Å²) in [5, 5.41) is 5.61. The minimum atomic E-state index is -0.750. The molecule has 31 heavy (non-hydrogen) atoms. The van der Waals surface area contributed by atoms with Crippen LogP contribution in [-0.2, 0) is 16.0 Å². The number of hydrogen-bond acceptors (Lipinski definition) is 4. The molecule has 8 heteroatoms. The van der Waals surface area contributed by atoms with E-state index in [9.17, 15) is 18.4 Å². The minimum Gasteiger partial charge on any atom is -0.441 e. The van der Waals surface area contributed by atoms with Gasteiger partial charge in [0.2, 0.25) is 11.8 Å². The molecule has 3 rings (SSSR count). The van der Waals surface area contributed by atoms with E-state index >= 15 is 0 Å². The molecule has 0 aliphatic rings. The van der Waals surface area contributed by atoms with Gasteiger partial charge in [-0.25, -0.2) is 13.8 Å². The van der Waals surface area contributed by atoms with Gasteiger partial charge in [-0.3, -0.25) is 9.59 Å². The number of aryl methyl sites for hydroxylation is 2. The number of oxazole rings is 1. The predicted octanol–water partition coefficient (Wildman–Crippen LogP) is 5.09. The zero-order valence-electron chi connectivity index (χ0n) is 17.5. The normalized spacial score (nSPS) is 10.9. The zero-order valence-corrected chi connectivity index (χ0v) is 17.5. The van der Waals surface area contributed by atoms with Crippen LogP contribution in [0.4, 0.5) is 20.2 Å². The van der Waals surface area contributed by atoms with Crippen molar-refractivity contribution in [1.82, 2.24) is 4.98 Å². The van der Waals surface area contributed by atoms with E-state index in [1.807, 2.05) is 13.0 Å². The van der Waals surface area contributed by atoms with Gasteiger partial charge in [-0.05, 0) is 36.8 Å². The Morgan fingerprint density at radius 2 is 1.87 bits per heavy atom. The van der Waals surface area contributed by atoms with E-state index in [-0.39, 0.29) is 47.8 Å². The molecule has 0 fully saturated rings. The summed E-state index contributed by atoms with van der Waals surface area (Å²) in [6.45, 7) is 5.44. The predicted molar refractivity (Wildman–Crippen MR) is 113 cm³/mol. The number of anilines is 2. The molecule has 0 radical (unpaired) electrons. The first-order valence-electron chi connectivity index (χ1n) is 9.84. The lowest BCUT2D eigenvalue weighted by molar-refractivity contribution is -0.119. The van der Waals surface area contributed by atoms with Gasteiger partial charge >= 0.3 is 0 Å². The van der Waals surface area contributed by atoms with E-state index in [1.165, 1.54) is 12.3 Å². The highest BCUT2D eigenvalue weighted by Gasteiger charge is 2.14. The highest BCUT2D eigenvalue weighted by Crippen LogP contribution is 2.25. The maximum atomic E-state index is 13.9. The molecule has 0 bridgehead atoms. The number of benzene rings is 2. The molecule has 2 amide bonds. The SMILES string of the molecule is Cc1ccc(NC(=O)C(C)C)cc1NC(=O)CCc1ncc(-c2ccc(F)cc2F)o1. The topological polar surface area (TPSA) is 84.2 Å². The van der Waals surface area contributed by atoms with Crippen LogP contribution in [0.2, 0.25) is 0 Å². The molecule has 0 aliphatic carbocycles. The van der Waals surface area contributed by atoms with Crippen LogP contribution in [0.5, 0.6) is 0 Å². The molecule has 162 valence electrons. The molecule has 0 aliphatic heterocycles. The van der Waals surface area contributed by atoms with Gasteiger partial charge in [0.25, 0.3) is 0 Å². The standard InChI is InChI=1S/C23H23F2N3O3/c1-13(2)23(30)27-16-6-4-14(3)19(11-16)28-21(29)8-9-22-26-12-20(31-22)17-7-5-15(24)10-18(17)25/h4-7,10-13H,8-9H2,1-3H3,(H,27,30)(H,28,29). The summed E-state index contributed by atoms with van der Waals surface area (Å²) in [6.07, 6.45) is 1.64. The summed E-state index contributed by atoms with van der Waals surface area (Å²) in [4.78, 5) is 28.3. The van der Waals surface area contributed by atoms with Crippen molar-refractivity contribution in [2.24, 2.45) is 5.92 Å². The molecule has 0 unspecified atom stereocenters. The van der Waals surface area contributed by atoms with Crippen LogP contribution in [-0.4, -0.2) is 16.8 Å². The number of nitrogens with one attached hydrogen (secondary N) is 2. The number of aromatic nitrogens is 1. The first-order valence-corrected chi connectivity index (χ1v) is 9.84. The van der Waals surface area contributed by atoms with Gasteiger partial charge < -0.3 is 15.1 Å². The molecule has 2 N–H and O–H groups in total. The lowest BCUT2D eigenvalue weighted by Gasteiger charge is -2.12. The van der Waals surface area contributed by atoms with Gasteiger partial charge in [0.05, 0.1) is 11.8 Å². The third-order valence-electron chi connectivity index (χ3n) is 4.62. The summed E-state index contributed by atoms with van der Waals surface area (Å²) in [5.74, 6) is -1.53. The average Bonchev–Trinajstić information content (AvgIpc) is 3.17. The van der Waals surface area contributed by atoms with E-state index in [0.29, 0.717) is 11.4 Å². The Bertz CT molecular complexity index is 1110. The van der Waals surface area contributed by atoms with E-state index in [2.05, 4.69) is 15.6 Å². The average molecular weight is 427 g/mol. The molecule has 6 nitrogen and oxygen atoms in total. The molecule has 0 saturated carbocycles. The lowest BCUT2D eigenvalue weighted by Crippen LogP contribution is -2.18. The van der Waals surface area contributed by atoms with E-state index in [4.69, 9.17) is 4.42 Å². The molecule has 1 aromatic heterocycles. The van der Waals surface area contributed by atoms with E-state index in [0.717, 1.165) is 17.7 Å². The smallest absolute Gasteiger partial charge is 0.226 e. The Kier molecular flexibility index (Phi) is 6.79. The summed E-state index contributed by atoms with van der Waals surface area (Å²) in [7, 11) is 0. The van der Waals surface area contributed by atoms with Crippen molar-refractivity contribution in [2.45, 2.75) is 33.6 Å². The molecule has 0 atom stereocenters. The lowest BCUT2D eigenvalue weighted by atomic mass is 10.1. The summed E-state index contributed by atoms with van der Waals surface area (Å²) >= 11 is 0. The first kappa shape index (κ1) is 22.1. The fraction of sp³-hybridized carbons (Fsp3) is 0.261. The second kappa shape index (κ2) is 9.51. The van der Waals surface area contributed by atoms with Gasteiger partial charge in [-0.15, -0.1) is 0 Å². The number of halogens is 2. The van der Waals surface area contributed by atoms with Gasteiger partial charge in [-0.2, -0.15) is 0 Å². The maximum Gasteiger partial charge on any atom is 0.226 e. The minimum absolute atomic E-state index is 0.0911. The monoisotopic (exact) mass is 427 g/mol. The Morgan fingerprint density at radius 1 is 1.10 bits per heavy atom. The Balaban J connectivity index is 1.61. The second-order valence-electron chi connectivity index (χ2n) is 7.46. The number of hydrogen-bond donors (Lipinski definition) is 2. The van der Waals surface area contributed by atoms with Crippen LogP contribution >= 0.6 is 0 Å². The fourth-order valence-corrected chi connectivity index (χ4v) is 2.79. The highest BCUT2D eigenvalue weighted by atomic mass is 19.1. The summed E-state index contributed by atoms with van der Waals surface area (Å²) < 4.78 is 32.4. The number of carbonyl (C=O) groups excluding carboxylic acids is 2. The number of amides is 2. The van der Waals surface area contributed by atoms with E-state index in [1.54, 1.807) is 26.0 Å². The number of rotatable bonds is 7. The van der Waals surface area contributed by atoms with Gasteiger partial charge in [-0.1, -0.05) is 19.9 Å². The molecule has 0 spiro atoms. The molecular formula is C23H23F2N3O3. The number of nitrogens with zero attached hydrogens (tertiary/aromatic N) is 1. The van der Waals surface area contributed by atoms with Crippen LogP contribution < -0.4 is 10.6 Å². The Morgan fingerprint density at radius 3 is 2.58 bits per heavy atom. The molecule has 1 heterocycles. The summed E-state index contributed by atoms with van der Waals surface area (Å²) in [6, 6.07) is 8.46. The van der Waals surface area contributed by atoms with Gasteiger partial charge in [0.15, 0.2) is 11.7 Å². The van der Waals surface area contributed by atoms with Crippen molar-refractivity contribution >= 4 is 23.2 Å². The molecule has 3 aromatic rings. The van der Waals surface area contributed by atoms with Gasteiger partial charge in [0, 0.05) is 36.2 Å². The molecule has 0 saturated heterocycles. The van der Waals surface area contributed by atoms with Crippen molar-refractivity contribution in [3.8, 4) is 11.3 Å². The quantitative estimate of drug-likeness (QED) is 0.550. The third kappa shape index (κ3) is 5.75. The fourth-order valence-electron chi connectivity index (χ4n) is 2.79.